The fourth-order valence-corrected chi connectivity index (χ4v) is 0.750. The van der Waals surface area contributed by atoms with E-state index in [9.17, 15) is 0 Å². The normalized spacial score (nSPS) is 6.92. The molecule has 2 radical (unpaired) electrons. The van der Waals surface area contributed by atoms with Crippen molar-refractivity contribution in [3.8, 4) is 0 Å². The third-order valence-corrected chi connectivity index (χ3v) is 1.67. The summed E-state index contributed by atoms with van der Waals surface area (Å²) in [4.78, 5) is 0. The summed E-state index contributed by atoms with van der Waals surface area (Å²) in [5, 5.41) is 0. The fourth-order valence-electron chi connectivity index (χ4n) is 0.420. The van der Waals surface area contributed by atoms with Gasteiger partial charge >= 0.3 is 69.7 Å². The van der Waals surface area contributed by atoms with Crippen molar-refractivity contribution in [3.63, 3.8) is 0 Å². The van der Waals surface area contributed by atoms with Gasteiger partial charge in [0.15, 0.2) is 0 Å². The minimum atomic E-state index is 0. The van der Waals surface area contributed by atoms with Crippen molar-refractivity contribution in [2.45, 2.75) is 19.8 Å². The van der Waals surface area contributed by atoms with Gasteiger partial charge in [-0.15, -0.1) is 0 Å². The predicted molar refractivity (Wildman–Crippen MR) is 52.1 cm³/mol. The number of hydrogen-bond donors (Lipinski definition) is 0. The third-order valence-electron chi connectivity index (χ3n) is 1.10. The summed E-state index contributed by atoms with van der Waals surface area (Å²) >= 11 is 2.90. The molecule has 0 spiro atoms. The quantitative estimate of drug-likeness (QED) is 0.463. The predicted octanol–water partition coefficient (Wildman–Crippen LogP) is -0.898. The Hall–Kier alpha value is 0.856. The maximum atomic E-state index is 3.60. The van der Waals surface area contributed by atoms with E-state index in [0.717, 1.165) is 6.42 Å². The van der Waals surface area contributed by atoms with Gasteiger partial charge < -0.3 is 6.92 Å². The summed E-state index contributed by atoms with van der Waals surface area (Å²) in [6.07, 6.45) is 2.28. The molecule has 0 aliphatic heterocycles. The Morgan fingerprint density at radius 2 is 1.62 bits per heavy atom. The summed E-state index contributed by atoms with van der Waals surface area (Å²) in [6.45, 7) is 5.72. The molecular formula is C10H14CuLiSe. The number of unbranched alkanes of at least 4 members (excludes halogenated alkanes) is 1. The molecule has 0 N–H and O–H groups in total. The van der Waals surface area contributed by atoms with Gasteiger partial charge in [0.05, 0.1) is 0 Å². The summed E-state index contributed by atoms with van der Waals surface area (Å²) in [7, 11) is 0. The van der Waals surface area contributed by atoms with Crippen molar-refractivity contribution in [2.24, 2.45) is 0 Å². The molecule has 72 valence electrons. The van der Waals surface area contributed by atoms with Crippen LogP contribution in [0.4, 0.5) is 0 Å². The van der Waals surface area contributed by atoms with Gasteiger partial charge in [-0.05, 0) is 0 Å². The molecule has 0 nitrogen and oxygen atoms in total. The van der Waals surface area contributed by atoms with E-state index in [1.54, 1.807) is 0 Å². The zero-order valence-corrected chi connectivity index (χ0v) is 10.9. The first-order chi connectivity index (χ1) is 5.31. The van der Waals surface area contributed by atoms with Crippen LogP contribution in [0.1, 0.15) is 19.8 Å². The number of hydrogen-bond acceptors (Lipinski definition) is 0. The summed E-state index contributed by atoms with van der Waals surface area (Å²) in [5.74, 6) is 0. The van der Waals surface area contributed by atoms with Crippen LogP contribution in [-0.2, 0) is 17.1 Å². The van der Waals surface area contributed by atoms with Crippen LogP contribution in [0.15, 0.2) is 30.3 Å². The summed E-state index contributed by atoms with van der Waals surface area (Å²) < 4.78 is 1.20. The molecule has 0 atom stereocenters. The van der Waals surface area contributed by atoms with Crippen LogP contribution >= 0.6 is 0 Å². The van der Waals surface area contributed by atoms with Crippen LogP contribution in [0, 0.1) is 6.92 Å². The van der Waals surface area contributed by atoms with Crippen molar-refractivity contribution in [1.82, 2.24) is 0 Å². The fraction of sp³-hybridized carbons (Fsp3) is 0.300. The second-order valence-corrected chi connectivity index (χ2v) is 3.16. The first kappa shape index (κ1) is 19.4. The van der Waals surface area contributed by atoms with Gasteiger partial charge in [-0.3, -0.25) is 0 Å². The molecular weight excluding hydrogens is 270 g/mol. The van der Waals surface area contributed by atoms with Gasteiger partial charge in [-0.1, -0.05) is 13.3 Å². The number of rotatable bonds is 1. The molecule has 0 saturated heterocycles. The van der Waals surface area contributed by atoms with Crippen LogP contribution in [0.5, 0.6) is 0 Å². The van der Waals surface area contributed by atoms with Crippen molar-refractivity contribution in [2.75, 3.05) is 0 Å². The molecule has 0 aliphatic rings. The van der Waals surface area contributed by atoms with E-state index in [4.69, 9.17) is 0 Å². The zero-order chi connectivity index (χ0) is 8.53. The Kier molecular flexibility index (Phi) is 22.9. The molecule has 0 unspecified atom stereocenters. The molecule has 1 rings (SSSR count). The Bertz CT molecular complexity index is 166. The van der Waals surface area contributed by atoms with Crippen LogP contribution < -0.4 is 23.3 Å². The van der Waals surface area contributed by atoms with E-state index in [1.807, 2.05) is 30.3 Å². The Balaban J connectivity index is -0.000000150. The van der Waals surface area contributed by atoms with Gasteiger partial charge in [0.1, 0.15) is 0 Å². The van der Waals surface area contributed by atoms with Crippen LogP contribution in [-0.4, -0.2) is 16.0 Å². The zero-order valence-electron chi connectivity index (χ0n) is 8.22. The average molecular weight is 284 g/mol. The van der Waals surface area contributed by atoms with E-state index >= 15 is 0 Å². The molecule has 3 heteroatoms. The SMILES string of the molecule is [CH2-]CCC.[Cu].[Li+].[Se]c1ccccc1. The molecule has 1 aromatic rings. The van der Waals surface area contributed by atoms with Crippen LogP contribution in [0.3, 0.4) is 0 Å². The van der Waals surface area contributed by atoms with Gasteiger partial charge in [0.2, 0.25) is 0 Å². The minimum absolute atomic E-state index is 0. The Morgan fingerprint density at radius 1 is 1.23 bits per heavy atom. The van der Waals surface area contributed by atoms with E-state index in [0.29, 0.717) is 0 Å². The molecule has 0 saturated carbocycles. The van der Waals surface area contributed by atoms with Gasteiger partial charge in [-0.2, -0.15) is 6.42 Å². The molecule has 0 aliphatic carbocycles. The topological polar surface area (TPSA) is 0 Å². The molecule has 1 aromatic carbocycles. The molecule has 0 amide bonds. The number of benzene rings is 1. The second kappa shape index (κ2) is 15.3. The maximum absolute atomic E-state index is 3.60. The monoisotopic (exact) mass is 284 g/mol. The summed E-state index contributed by atoms with van der Waals surface area (Å²) in [6, 6.07) is 10.1. The van der Waals surface area contributed by atoms with E-state index in [1.165, 1.54) is 10.9 Å². The average Bonchev–Trinajstić information content (AvgIpc) is 2.07. The van der Waals surface area contributed by atoms with Crippen LogP contribution in [0.2, 0.25) is 0 Å². The molecule has 13 heavy (non-hydrogen) atoms. The molecule has 0 bridgehead atoms. The molecule has 0 fully saturated rings. The van der Waals surface area contributed by atoms with Crippen molar-refractivity contribution in [1.29, 1.82) is 0 Å². The van der Waals surface area contributed by atoms with E-state index in [2.05, 4.69) is 29.9 Å². The van der Waals surface area contributed by atoms with Crippen molar-refractivity contribution in [3.05, 3.63) is 37.3 Å². The van der Waals surface area contributed by atoms with Gasteiger partial charge in [0.25, 0.3) is 0 Å². The first-order valence-corrected chi connectivity index (χ1v) is 4.68. The second-order valence-electron chi connectivity index (χ2n) is 2.17. The molecule has 0 aromatic heterocycles. The van der Waals surface area contributed by atoms with E-state index in [-0.39, 0.29) is 35.9 Å². The van der Waals surface area contributed by atoms with Gasteiger partial charge in [0, 0.05) is 17.1 Å². The summed E-state index contributed by atoms with van der Waals surface area (Å²) in [5.41, 5.74) is 0. The Morgan fingerprint density at radius 3 is 1.77 bits per heavy atom. The first-order valence-electron chi connectivity index (χ1n) is 3.82. The van der Waals surface area contributed by atoms with Crippen LogP contribution in [0.25, 0.3) is 0 Å². The van der Waals surface area contributed by atoms with Crippen molar-refractivity contribution < 1.29 is 35.9 Å². The van der Waals surface area contributed by atoms with Gasteiger partial charge in [-0.25, -0.2) is 0 Å². The molecule has 0 heterocycles. The van der Waals surface area contributed by atoms with E-state index < -0.39 is 0 Å². The Labute approximate surface area is 113 Å². The standard InChI is InChI=1S/C6H5Se.C4H9.Cu.Li/c7-6-4-2-1-3-5-6;1-3-4-2;;/h1-5H;1,3-4H2,2H3;;/q;-1;;+1. The third kappa shape index (κ3) is 15.6. The van der Waals surface area contributed by atoms with Crippen molar-refractivity contribution >= 4 is 20.5 Å².